The van der Waals surface area contributed by atoms with Gasteiger partial charge in [0.2, 0.25) is 0 Å². The van der Waals surface area contributed by atoms with Crippen molar-refractivity contribution in [3.8, 4) is 0 Å². The van der Waals surface area contributed by atoms with Gasteiger partial charge in [-0.15, -0.1) is 0 Å². The van der Waals surface area contributed by atoms with Crippen molar-refractivity contribution < 1.29 is 9.59 Å². The van der Waals surface area contributed by atoms with Crippen molar-refractivity contribution in [2.24, 2.45) is 5.73 Å². The van der Waals surface area contributed by atoms with Crippen LogP contribution in [-0.2, 0) is 6.54 Å². The van der Waals surface area contributed by atoms with E-state index in [0.29, 0.717) is 31.5 Å². The zero-order valence-corrected chi connectivity index (χ0v) is 14.9. The third kappa shape index (κ3) is 3.17. The number of ketones is 2. The Bertz CT molecular complexity index is 1140. The summed E-state index contributed by atoms with van der Waals surface area (Å²) in [5, 5.41) is 1.87. The molecule has 27 heavy (non-hydrogen) atoms. The predicted molar refractivity (Wildman–Crippen MR) is 107 cm³/mol. The van der Waals surface area contributed by atoms with E-state index in [2.05, 4.69) is 4.98 Å². The number of hydrogen-bond donors (Lipinski definition) is 2. The first kappa shape index (κ1) is 17.2. The lowest BCUT2D eigenvalue weighted by molar-refractivity contribution is 0.0973. The van der Waals surface area contributed by atoms with Gasteiger partial charge in [0, 0.05) is 64.7 Å². The lowest BCUT2D eigenvalue weighted by atomic mass is 10.0. The summed E-state index contributed by atoms with van der Waals surface area (Å²) in [5.74, 6) is 0.153. The monoisotopic (exact) mass is 359 g/mol. The number of aromatic nitrogens is 2. The second kappa shape index (κ2) is 7.21. The molecule has 4 aromatic rings. The van der Waals surface area contributed by atoms with Gasteiger partial charge in [-0.05, 0) is 24.7 Å². The molecule has 4 rings (SSSR count). The highest BCUT2D eigenvalue weighted by molar-refractivity contribution is 6.08. The van der Waals surface area contributed by atoms with Gasteiger partial charge >= 0.3 is 0 Å². The average molecular weight is 359 g/mol. The van der Waals surface area contributed by atoms with E-state index in [1.807, 2.05) is 59.3 Å². The van der Waals surface area contributed by atoms with Crippen molar-refractivity contribution in [2.75, 3.05) is 6.54 Å². The zero-order valence-electron chi connectivity index (χ0n) is 14.9. The maximum atomic E-state index is 12.7. The van der Waals surface area contributed by atoms with Crippen LogP contribution in [-0.4, -0.2) is 27.7 Å². The van der Waals surface area contributed by atoms with Crippen molar-refractivity contribution in [3.63, 3.8) is 0 Å². The largest absolute Gasteiger partial charge is 0.360 e. The molecule has 2 aromatic heterocycles. The van der Waals surface area contributed by atoms with E-state index in [4.69, 9.17) is 5.73 Å². The lowest BCUT2D eigenvalue weighted by Gasteiger charge is -2.07. The number of nitrogens with zero attached hydrogens (tertiary/aromatic N) is 1. The van der Waals surface area contributed by atoms with E-state index in [1.165, 1.54) is 0 Å². The van der Waals surface area contributed by atoms with E-state index in [9.17, 15) is 9.59 Å². The number of benzene rings is 2. The number of rotatable bonds is 7. The number of para-hydroxylation sites is 1. The van der Waals surface area contributed by atoms with E-state index < -0.39 is 0 Å². The van der Waals surface area contributed by atoms with Gasteiger partial charge in [-0.3, -0.25) is 9.59 Å². The quantitative estimate of drug-likeness (QED) is 0.491. The third-order valence-corrected chi connectivity index (χ3v) is 4.95. The van der Waals surface area contributed by atoms with Crippen molar-refractivity contribution in [3.05, 3.63) is 72.1 Å². The van der Waals surface area contributed by atoms with Crippen LogP contribution < -0.4 is 5.73 Å². The van der Waals surface area contributed by atoms with Gasteiger partial charge in [0.1, 0.15) is 0 Å². The normalized spacial score (nSPS) is 11.3. The molecular formula is C22H21N3O2. The second-order valence-electron chi connectivity index (χ2n) is 6.63. The molecule has 5 nitrogen and oxygen atoms in total. The van der Waals surface area contributed by atoms with Gasteiger partial charge in [0.15, 0.2) is 11.6 Å². The summed E-state index contributed by atoms with van der Waals surface area (Å²) >= 11 is 0. The number of nitrogens with two attached hydrogens (primary N) is 1. The van der Waals surface area contributed by atoms with Crippen LogP contribution in [0.4, 0.5) is 0 Å². The minimum atomic E-state index is 0.0516. The minimum Gasteiger partial charge on any atom is -0.360 e. The van der Waals surface area contributed by atoms with E-state index in [-0.39, 0.29) is 11.6 Å². The average Bonchev–Trinajstić information content (AvgIpc) is 3.30. The number of hydrogen-bond acceptors (Lipinski definition) is 3. The Balaban J connectivity index is 1.56. The predicted octanol–water partition coefficient (Wildman–Crippen LogP) is 3.93. The molecule has 0 aliphatic rings. The highest BCUT2D eigenvalue weighted by Gasteiger charge is 2.14. The van der Waals surface area contributed by atoms with Crippen molar-refractivity contribution >= 4 is 33.4 Å². The van der Waals surface area contributed by atoms with E-state index in [1.54, 1.807) is 6.20 Å². The standard InChI is InChI=1S/C22H21N3O2/c23-11-8-21(26)17-5-3-7-20-16(17)9-12-25(20)13-10-22(27)18-14-24-19-6-2-1-4-15(18)19/h1-7,9,12,14,24H,8,10-11,13,23H2. The molecule has 0 amide bonds. The first-order valence-corrected chi connectivity index (χ1v) is 9.09. The first-order valence-electron chi connectivity index (χ1n) is 9.09. The van der Waals surface area contributed by atoms with Crippen LogP contribution in [0.15, 0.2) is 60.9 Å². The molecule has 2 aromatic carbocycles. The number of nitrogens with one attached hydrogen (secondary N) is 1. The fraction of sp³-hybridized carbons (Fsp3) is 0.182. The fourth-order valence-electron chi connectivity index (χ4n) is 3.59. The number of carbonyl (C=O) groups excluding carboxylic acids is 2. The number of aromatic amines is 1. The van der Waals surface area contributed by atoms with Gasteiger partial charge < -0.3 is 15.3 Å². The molecule has 0 saturated heterocycles. The highest BCUT2D eigenvalue weighted by Crippen LogP contribution is 2.23. The Labute approximate surface area is 156 Å². The second-order valence-corrected chi connectivity index (χ2v) is 6.63. The van der Waals surface area contributed by atoms with Gasteiger partial charge in [-0.2, -0.15) is 0 Å². The molecule has 0 unspecified atom stereocenters. The molecule has 0 atom stereocenters. The number of aryl methyl sites for hydroxylation is 1. The van der Waals surface area contributed by atoms with Crippen LogP contribution in [0.2, 0.25) is 0 Å². The topological polar surface area (TPSA) is 80.9 Å². The van der Waals surface area contributed by atoms with Crippen molar-refractivity contribution in [2.45, 2.75) is 19.4 Å². The molecule has 0 saturated carbocycles. The molecule has 0 aliphatic carbocycles. The smallest absolute Gasteiger partial charge is 0.166 e. The van der Waals surface area contributed by atoms with Crippen LogP contribution in [0.3, 0.4) is 0 Å². The summed E-state index contributed by atoms with van der Waals surface area (Å²) in [5.41, 5.74) is 8.86. The summed E-state index contributed by atoms with van der Waals surface area (Å²) in [6, 6.07) is 15.4. The summed E-state index contributed by atoms with van der Waals surface area (Å²) in [6.07, 6.45) is 4.45. The van der Waals surface area contributed by atoms with Crippen LogP contribution in [0.5, 0.6) is 0 Å². The Morgan fingerprint density at radius 2 is 1.70 bits per heavy atom. The molecule has 0 bridgehead atoms. The maximum Gasteiger partial charge on any atom is 0.166 e. The van der Waals surface area contributed by atoms with Crippen LogP contribution in [0, 0.1) is 0 Å². The van der Waals surface area contributed by atoms with E-state index in [0.717, 1.165) is 27.4 Å². The van der Waals surface area contributed by atoms with Crippen LogP contribution in [0.25, 0.3) is 21.8 Å². The number of H-pyrrole nitrogens is 1. The Kier molecular flexibility index (Phi) is 4.60. The summed E-state index contributed by atoms with van der Waals surface area (Å²) < 4.78 is 2.03. The molecule has 5 heteroatoms. The summed E-state index contributed by atoms with van der Waals surface area (Å²) in [6.45, 7) is 0.908. The SMILES string of the molecule is NCCC(=O)c1cccc2c1ccn2CCC(=O)c1c[nH]c2ccccc12. The van der Waals surface area contributed by atoms with Crippen molar-refractivity contribution in [1.82, 2.24) is 9.55 Å². The maximum absolute atomic E-state index is 12.7. The first-order chi connectivity index (χ1) is 13.2. The Hall–Kier alpha value is -3.18. The highest BCUT2D eigenvalue weighted by atomic mass is 16.1. The molecular weight excluding hydrogens is 338 g/mol. The van der Waals surface area contributed by atoms with Crippen molar-refractivity contribution in [1.29, 1.82) is 0 Å². The summed E-state index contributed by atoms with van der Waals surface area (Å²) in [7, 11) is 0. The molecule has 0 fully saturated rings. The molecule has 136 valence electrons. The lowest BCUT2D eigenvalue weighted by Crippen LogP contribution is -2.08. The zero-order chi connectivity index (χ0) is 18.8. The van der Waals surface area contributed by atoms with E-state index >= 15 is 0 Å². The molecule has 0 radical (unpaired) electrons. The number of Topliss-reactive ketones (excluding diaryl/α,β-unsaturated/α-hetero) is 2. The van der Waals surface area contributed by atoms with Crippen LogP contribution >= 0.6 is 0 Å². The molecule has 3 N–H and O–H groups in total. The Morgan fingerprint density at radius 1 is 0.889 bits per heavy atom. The van der Waals surface area contributed by atoms with Gasteiger partial charge in [-0.25, -0.2) is 0 Å². The molecule has 2 heterocycles. The van der Waals surface area contributed by atoms with Gasteiger partial charge in [0.05, 0.1) is 0 Å². The third-order valence-electron chi connectivity index (χ3n) is 4.95. The molecule has 0 aliphatic heterocycles. The number of fused-ring (bicyclic) bond motifs is 2. The summed E-state index contributed by atoms with van der Waals surface area (Å²) in [4.78, 5) is 28.1. The minimum absolute atomic E-state index is 0.0516. The molecule has 0 spiro atoms. The Morgan fingerprint density at radius 3 is 2.56 bits per heavy atom. The number of carbonyl (C=O) groups is 2. The van der Waals surface area contributed by atoms with Gasteiger partial charge in [0.25, 0.3) is 0 Å². The van der Waals surface area contributed by atoms with Crippen LogP contribution in [0.1, 0.15) is 33.6 Å². The van der Waals surface area contributed by atoms with Gasteiger partial charge in [-0.1, -0.05) is 30.3 Å². The fourth-order valence-corrected chi connectivity index (χ4v) is 3.59.